The van der Waals surface area contributed by atoms with Crippen LogP contribution in [0.3, 0.4) is 0 Å². The fourth-order valence-electron chi connectivity index (χ4n) is 2.07. The van der Waals surface area contributed by atoms with E-state index < -0.39 is 0 Å². The summed E-state index contributed by atoms with van der Waals surface area (Å²) in [7, 11) is 0. The van der Waals surface area contributed by atoms with Gasteiger partial charge in [-0.1, -0.05) is 41.4 Å². The van der Waals surface area contributed by atoms with E-state index in [9.17, 15) is 9.18 Å². The molecule has 2 nitrogen and oxygen atoms in total. The Labute approximate surface area is 124 Å². The van der Waals surface area contributed by atoms with Crippen LogP contribution in [0.5, 0.6) is 0 Å². The van der Waals surface area contributed by atoms with Crippen LogP contribution in [-0.2, 0) is 4.79 Å². The third kappa shape index (κ3) is 2.19. The molecule has 2 aromatic rings. The summed E-state index contributed by atoms with van der Waals surface area (Å²) in [5, 5.41) is 3.39. The second kappa shape index (κ2) is 4.93. The highest BCUT2D eigenvalue weighted by molar-refractivity contribution is 6.47. The maximum absolute atomic E-state index is 12.9. The number of benzene rings is 2. The highest BCUT2D eigenvalue weighted by Gasteiger charge is 2.27. The summed E-state index contributed by atoms with van der Waals surface area (Å²) in [5.41, 5.74) is 2.41. The lowest BCUT2D eigenvalue weighted by molar-refractivity contribution is -0.110. The van der Waals surface area contributed by atoms with Gasteiger partial charge in [0, 0.05) is 11.1 Å². The van der Waals surface area contributed by atoms with Crippen molar-refractivity contribution < 1.29 is 9.18 Å². The van der Waals surface area contributed by atoms with Gasteiger partial charge < -0.3 is 5.32 Å². The van der Waals surface area contributed by atoms with Crippen molar-refractivity contribution in [1.82, 2.24) is 0 Å². The van der Waals surface area contributed by atoms with Crippen LogP contribution in [0.1, 0.15) is 11.1 Å². The zero-order valence-electron chi connectivity index (χ0n) is 10.1. The number of hydrogen-bond acceptors (Lipinski definition) is 1. The van der Waals surface area contributed by atoms with Crippen molar-refractivity contribution in [3.8, 4) is 0 Å². The molecule has 5 heteroatoms. The van der Waals surface area contributed by atoms with Gasteiger partial charge >= 0.3 is 0 Å². The van der Waals surface area contributed by atoms with Crippen molar-refractivity contribution in [2.24, 2.45) is 0 Å². The Kier molecular flexibility index (Phi) is 3.24. The smallest absolute Gasteiger partial charge is 0.256 e. The van der Waals surface area contributed by atoms with E-state index in [0.717, 1.165) is 5.56 Å². The largest absolute Gasteiger partial charge is 0.320 e. The molecule has 0 bridgehead atoms. The van der Waals surface area contributed by atoms with Crippen molar-refractivity contribution in [3.63, 3.8) is 0 Å². The topological polar surface area (TPSA) is 29.1 Å². The molecule has 20 heavy (non-hydrogen) atoms. The molecule has 1 N–H and O–H groups in total. The molecule has 0 saturated heterocycles. The molecule has 0 spiro atoms. The number of rotatable bonds is 1. The minimum absolute atomic E-state index is 0.256. The average Bonchev–Trinajstić information content (AvgIpc) is 2.74. The summed E-state index contributed by atoms with van der Waals surface area (Å²) in [6.45, 7) is 0. The Morgan fingerprint density at radius 3 is 2.45 bits per heavy atom. The van der Waals surface area contributed by atoms with Crippen LogP contribution in [-0.4, -0.2) is 5.91 Å². The van der Waals surface area contributed by atoms with Crippen molar-refractivity contribution in [2.75, 3.05) is 5.32 Å². The van der Waals surface area contributed by atoms with Crippen molar-refractivity contribution in [3.05, 3.63) is 63.4 Å². The standard InChI is InChI=1S/C15H8Cl2FNO/c16-12-6-5-10-11(15(20)19-14(10)13(12)17)7-8-1-3-9(18)4-2-8/h1-7H,(H,19,20)/b11-7-. The van der Waals surface area contributed by atoms with Crippen LogP contribution in [0.2, 0.25) is 10.0 Å². The third-order valence-corrected chi connectivity index (χ3v) is 3.85. The van der Waals surface area contributed by atoms with E-state index >= 15 is 0 Å². The SMILES string of the molecule is O=C1Nc2c(ccc(Cl)c2Cl)/C1=C/c1ccc(F)cc1. The van der Waals surface area contributed by atoms with Crippen LogP contribution in [0.25, 0.3) is 11.6 Å². The summed E-state index contributed by atoms with van der Waals surface area (Å²) >= 11 is 12.0. The van der Waals surface area contributed by atoms with E-state index in [-0.39, 0.29) is 11.7 Å². The first-order chi connectivity index (χ1) is 9.56. The summed E-state index contributed by atoms with van der Waals surface area (Å²) in [6, 6.07) is 9.26. The van der Waals surface area contributed by atoms with Gasteiger partial charge in [-0.15, -0.1) is 0 Å². The molecule has 2 aromatic carbocycles. The van der Waals surface area contributed by atoms with Gasteiger partial charge in [0.05, 0.1) is 15.7 Å². The van der Waals surface area contributed by atoms with Crippen molar-refractivity contribution in [1.29, 1.82) is 0 Å². The number of anilines is 1. The number of hydrogen-bond donors (Lipinski definition) is 1. The van der Waals surface area contributed by atoms with Crippen LogP contribution in [0.4, 0.5) is 10.1 Å². The Bertz CT molecular complexity index is 738. The van der Waals surface area contributed by atoms with Crippen LogP contribution < -0.4 is 5.32 Å². The molecule has 1 heterocycles. The maximum atomic E-state index is 12.9. The minimum atomic E-state index is -0.321. The van der Waals surface area contributed by atoms with Crippen LogP contribution in [0.15, 0.2) is 36.4 Å². The van der Waals surface area contributed by atoms with Crippen LogP contribution in [0, 0.1) is 5.82 Å². The molecule has 3 rings (SSSR count). The zero-order valence-corrected chi connectivity index (χ0v) is 11.6. The van der Waals surface area contributed by atoms with E-state index in [4.69, 9.17) is 23.2 Å². The van der Waals surface area contributed by atoms with Crippen molar-refractivity contribution in [2.45, 2.75) is 0 Å². The van der Waals surface area contributed by atoms with Gasteiger partial charge in [-0.25, -0.2) is 4.39 Å². The van der Waals surface area contributed by atoms with E-state index in [0.29, 0.717) is 26.9 Å². The fraction of sp³-hybridized carbons (Fsp3) is 0. The van der Waals surface area contributed by atoms with Gasteiger partial charge in [0.2, 0.25) is 0 Å². The quantitative estimate of drug-likeness (QED) is 0.765. The molecule has 0 unspecified atom stereocenters. The summed E-state index contributed by atoms with van der Waals surface area (Å²) in [4.78, 5) is 12.0. The monoisotopic (exact) mass is 307 g/mol. The van der Waals surface area contributed by atoms with Crippen molar-refractivity contribution >= 4 is 46.4 Å². The number of nitrogens with one attached hydrogen (secondary N) is 1. The minimum Gasteiger partial charge on any atom is -0.320 e. The second-order valence-corrected chi connectivity index (χ2v) is 5.13. The zero-order chi connectivity index (χ0) is 14.3. The Balaban J connectivity index is 2.11. The first kappa shape index (κ1) is 13.2. The third-order valence-electron chi connectivity index (χ3n) is 3.05. The molecule has 100 valence electrons. The summed E-state index contributed by atoms with van der Waals surface area (Å²) < 4.78 is 12.9. The molecule has 0 fully saturated rings. The maximum Gasteiger partial charge on any atom is 0.256 e. The van der Waals surface area contributed by atoms with Gasteiger partial charge in [-0.3, -0.25) is 4.79 Å². The first-order valence-corrected chi connectivity index (χ1v) is 6.59. The number of fused-ring (bicyclic) bond motifs is 1. The summed E-state index contributed by atoms with van der Waals surface area (Å²) in [5.74, 6) is -0.577. The molecular weight excluding hydrogens is 300 g/mol. The highest BCUT2D eigenvalue weighted by Crippen LogP contribution is 2.41. The normalized spacial score (nSPS) is 15.3. The number of amides is 1. The molecule has 1 aliphatic rings. The van der Waals surface area contributed by atoms with Gasteiger partial charge in [0.1, 0.15) is 5.82 Å². The van der Waals surface area contributed by atoms with E-state index in [1.165, 1.54) is 12.1 Å². The van der Waals surface area contributed by atoms with Gasteiger partial charge in [0.15, 0.2) is 0 Å². The Hall–Kier alpha value is -1.84. The van der Waals surface area contributed by atoms with E-state index in [2.05, 4.69) is 5.32 Å². The second-order valence-electron chi connectivity index (χ2n) is 4.35. The van der Waals surface area contributed by atoms with Gasteiger partial charge in [-0.05, 0) is 29.8 Å². The van der Waals surface area contributed by atoms with Gasteiger partial charge in [-0.2, -0.15) is 0 Å². The Morgan fingerprint density at radius 2 is 1.75 bits per heavy atom. The lowest BCUT2D eigenvalue weighted by Crippen LogP contribution is -2.03. The molecule has 0 aliphatic carbocycles. The van der Waals surface area contributed by atoms with Gasteiger partial charge in [0.25, 0.3) is 5.91 Å². The number of carbonyl (C=O) groups excluding carboxylic acids is 1. The molecule has 0 aromatic heterocycles. The number of halogens is 3. The average molecular weight is 308 g/mol. The Morgan fingerprint density at radius 1 is 1.05 bits per heavy atom. The number of carbonyl (C=O) groups is 1. The van der Waals surface area contributed by atoms with E-state index in [1.807, 2.05) is 0 Å². The summed E-state index contributed by atoms with van der Waals surface area (Å²) in [6.07, 6.45) is 1.69. The van der Waals surface area contributed by atoms with E-state index in [1.54, 1.807) is 30.3 Å². The molecule has 0 radical (unpaired) electrons. The molecule has 1 aliphatic heterocycles. The molecule has 0 atom stereocenters. The predicted octanol–water partition coefficient (Wildman–Crippen LogP) is 4.63. The highest BCUT2D eigenvalue weighted by atomic mass is 35.5. The molecule has 1 amide bonds. The van der Waals surface area contributed by atoms with Crippen LogP contribution >= 0.6 is 23.2 Å². The first-order valence-electron chi connectivity index (χ1n) is 5.83. The lowest BCUT2D eigenvalue weighted by Gasteiger charge is -2.02. The predicted molar refractivity (Wildman–Crippen MR) is 79.4 cm³/mol. The molecule has 0 saturated carbocycles. The lowest BCUT2D eigenvalue weighted by atomic mass is 10.0. The molecular formula is C15H8Cl2FNO. The fourth-order valence-corrected chi connectivity index (χ4v) is 2.44.